The second-order valence-corrected chi connectivity index (χ2v) is 9.47. The number of carbonyl (C=O) groups is 1. The van der Waals surface area contributed by atoms with Crippen LogP contribution in [0.2, 0.25) is 0 Å². The van der Waals surface area contributed by atoms with Gasteiger partial charge in [-0.15, -0.1) is 0 Å². The van der Waals surface area contributed by atoms with Gasteiger partial charge in [0.1, 0.15) is 11.4 Å². The molecule has 3 aliphatic rings. The summed E-state index contributed by atoms with van der Waals surface area (Å²) in [6, 6.07) is 16.7. The Morgan fingerprint density at radius 3 is 2.59 bits per heavy atom. The molecule has 5 rings (SSSR count). The molecular weight excluding hydrogens is 424 g/mol. The number of hydrogen-bond donors (Lipinski definition) is 0. The minimum absolute atomic E-state index is 0.232. The molecule has 34 heavy (non-hydrogen) atoms. The zero-order valence-corrected chi connectivity index (χ0v) is 19.9. The van der Waals surface area contributed by atoms with Crippen LogP contribution in [0.1, 0.15) is 69.2 Å². The first-order valence-electron chi connectivity index (χ1n) is 12.4. The van der Waals surface area contributed by atoms with Crippen LogP contribution in [0.3, 0.4) is 0 Å². The van der Waals surface area contributed by atoms with Gasteiger partial charge in [-0.1, -0.05) is 80.3 Å². The second kappa shape index (κ2) is 9.49. The lowest BCUT2D eigenvalue weighted by Gasteiger charge is -2.22. The Labute approximate surface area is 201 Å². The standard InChI is InChI=1S/C27H32N6O/c1-3-4-11-24-28-27(17-7-8-18-27)26(34)33(24)19-16-20-12-14-21(15-13-20)22-9-5-6-10-23(22)25-29-30-31-32(25)2/h5-6,9-10,12-15,25H,2-4,7-8,11,16-19H2,1H3. The molecule has 176 valence electrons. The van der Waals surface area contributed by atoms with E-state index in [1.54, 1.807) is 0 Å². The highest BCUT2D eigenvalue weighted by Gasteiger charge is 2.49. The average Bonchev–Trinajstić information content (AvgIpc) is 3.58. The van der Waals surface area contributed by atoms with Crippen molar-refractivity contribution < 1.29 is 9.48 Å². The lowest BCUT2D eigenvalue weighted by atomic mass is 9.96. The summed E-state index contributed by atoms with van der Waals surface area (Å²) in [5.74, 6) is 1.24. The van der Waals surface area contributed by atoms with Crippen molar-refractivity contribution in [2.24, 2.45) is 15.3 Å². The van der Waals surface area contributed by atoms with Crippen LogP contribution < -0.4 is 0 Å². The number of benzene rings is 2. The van der Waals surface area contributed by atoms with E-state index in [-0.39, 0.29) is 12.1 Å². The fourth-order valence-electron chi connectivity index (χ4n) is 5.30. The Morgan fingerprint density at radius 2 is 1.88 bits per heavy atom. The molecule has 2 aromatic rings. The van der Waals surface area contributed by atoms with Crippen molar-refractivity contribution >= 4 is 18.5 Å². The molecule has 0 radical (unpaired) electrons. The van der Waals surface area contributed by atoms with Crippen molar-refractivity contribution in [2.45, 2.75) is 70.0 Å². The molecule has 2 heterocycles. The number of amides is 1. The van der Waals surface area contributed by atoms with Crippen LogP contribution >= 0.6 is 0 Å². The predicted molar refractivity (Wildman–Crippen MR) is 134 cm³/mol. The van der Waals surface area contributed by atoms with Gasteiger partial charge in [0.05, 0.1) is 6.72 Å². The van der Waals surface area contributed by atoms with E-state index < -0.39 is 5.54 Å². The van der Waals surface area contributed by atoms with Crippen LogP contribution in [0, 0.1) is 0 Å². The number of hydrogen-bond acceptors (Lipinski definition) is 4. The molecule has 0 bridgehead atoms. The first kappa shape index (κ1) is 22.4. The van der Waals surface area contributed by atoms with Crippen molar-refractivity contribution in [3.63, 3.8) is 0 Å². The molecule has 1 amide bonds. The number of carbonyl (C=O) groups excluding carboxylic acids is 1. The van der Waals surface area contributed by atoms with Crippen LogP contribution in [0.4, 0.5) is 0 Å². The number of nitrogens with zero attached hydrogens (tertiary/aromatic N) is 6. The molecule has 1 atom stereocenters. The minimum Gasteiger partial charge on any atom is -0.298 e. The quantitative estimate of drug-likeness (QED) is 0.448. The Morgan fingerprint density at radius 1 is 1.12 bits per heavy atom. The monoisotopic (exact) mass is 456 g/mol. The fraction of sp³-hybridized carbons (Fsp3) is 0.444. The summed E-state index contributed by atoms with van der Waals surface area (Å²) in [7, 11) is 0. The Hall–Kier alpha value is -3.35. The number of aliphatic imine (C=N–C) groups is 1. The van der Waals surface area contributed by atoms with Gasteiger partial charge in [-0.3, -0.25) is 14.7 Å². The first-order chi connectivity index (χ1) is 16.6. The molecule has 0 saturated heterocycles. The van der Waals surface area contributed by atoms with Gasteiger partial charge >= 0.3 is 0 Å². The second-order valence-electron chi connectivity index (χ2n) is 9.47. The van der Waals surface area contributed by atoms with Crippen LogP contribution in [0.5, 0.6) is 0 Å². The van der Waals surface area contributed by atoms with Gasteiger partial charge in [-0.25, -0.2) is 9.80 Å². The van der Waals surface area contributed by atoms with Crippen LogP contribution in [0.25, 0.3) is 16.7 Å². The van der Waals surface area contributed by atoms with Crippen molar-refractivity contribution in [3.05, 3.63) is 65.2 Å². The van der Waals surface area contributed by atoms with Gasteiger partial charge in [0.2, 0.25) is 0 Å². The van der Waals surface area contributed by atoms with Gasteiger partial charge in [-0.05, 0) is 47.6 Å². The SMILES string of the molecule is C=[N+]1[N-]N=NC1c1ccccc1-c1ccc(CCN2C(=O)C3(CCCC3)N=C2CCCC)cc1. The van der Waals surface area contributed by atoms with Crippen LogP contribution in [0.15, 0.2) is 63.9 Å². The van der Waals surface area contributed by atoms with Crippen molar-refractivity contribution in [1.29, 1.82) is 0 Å². The van der Waals surface area contributed by atoms with Gasteiger partial charge in [0.25, 0.3) is 5.91 Å². The molecule has 2 aromatic carbocycles. The summed E-state index contributed by atoms with van der Waals surface area (Å²) in [4.78, 5) is 20.3. The van der Waals surface area contributed by atoms with E-state index >= 15 is 0 Å². The Kier molecular flexibility index (Phi) is 6.26. The summed E-state index contributed by atoms with van der Waals surface area (Å²) in [5.41, 5.74) is 7.89. The third-order valence-electron chi connectivity index (χ3n) is 7.21. The zero-order valence-electron chi connectivity index (χ0n) is 19.9. The van der Waals surface area contributed by atoms with E-state index in [1.807, 2.05) is 23.1 Å². The largest absolute Gasteiger partial charge is 0.298 e. The summed E-state index contributed by atoms with van der Waals surface area (Å²) in [5, 5.41) is 7.96. The normalized spacial score (nSPS) is 20.9. The van der Waals surface area contributed by atoms with E-state index in [1.165, 1.54) is 10.2 Å². The van der Waals surface area contributed by atoms with Gasteiger partial charge < -0.3 is 0 Å². The summed E-state index contributed by atoms with van der Waals surface area (Å²) < 4.78 is 1.52. The maximum atomic E-state index is 13.3. The fourth-order valence-corrected chi connectivity index (χ4v) is 5.30. The molecule has 0 N–H and O–H groups in total. The van der Waals surface area contributed by atoms with E-state index in [0.717, 1.165) is 73.9 Å². The Balaban J connectivity index is 1.30. The molecule has 0 aromatic heterocycles. The molecule has 1 fully saturated rings. The minimum atomic E-state index is -0.456. The lowest BCUT2D eigenvalue weighted by molar-refractivity contribution is -0.504. The maximum Gasteiger partial charge on any atom is 0.255 e. The summed E-state index contributed by atoms with van der Waals surface area (Å²) in [6.45, 7) is 6.78. The van der Waals surface area contributed by atoms with E-state index in [4.69, 9.17) is 4.99 Å². The Bertz CT molecular complexity index is 1130. The predicted octanol–water partition coefficient (Wildman–Crippen LogP) is 6.02. The molecule has 7 heteroatoms. The average molecular weight is 457 g/mol. The maximum absolute atomic E-state index is 13.3. The third-order valence-corrected chi connectivity index (χ3v) is 7.21. The van der Waals surface area contributed by atoms with Crippen molar-refractivity contribution in [3.8, 4) is 11.1 Å². The highest BCUT2D eigenvalue weighted by molar-refractivity contribution is 6.08. The smallest absolute Gasteiger partial charge is 0.255 e. The number of amidine groups is 1. The number of rotatable bonds is 8. The molecule has 2 aliphatic heterocycles. The molecule has 1 unspecified atom stereocenters. The van der Waals surface area contributed by atoms with E-state index in [2.05, 4.69) is 59.8 Å². The summed E-state index contributed by atoms with van der Waals surface area (Å²) >= 11 is 0. The number of unbranched alkanes of at least 4 members (excludes halogenated alkanes) is 1. The van der Waals surface area contributed by atoms with Crippen molar-refractivity contribution in [1.82, 2.24) is 4.90 Å². The van der Waals surface area contributed by atoms with Crippen molar-refractivity contribution in [2.75, 3.05) is 6.54 Å². The van der Waals surface area contributed by atoms with Crippen LogP contribution in [-0.2, 0) is 11.2 Å². The highest BCUT2D eigenvalue weighted by Crippen LogP contribution is 2.40. The highest BCUT2D eigenvalue weighted by atomic mass is 16.2. The van der Waals surface area contributed by atoms with Crippen LogP contribution in [-0.4, -0.2) is 40.1 Å². The van der Waals surface area contributed by atoms with E-state index in [9.17, 15) is 4.79 Å². The molecule has 7 nitrogen and oxygen atoms in total. The summed E-state index contributed by atoms with van der Waals surface area (Å²) in [6.07, 6.45) is 7.62. The third kappa shape index (κ3) is 4.15. The van der Waals surface area contributed by atoms with Gasteiger partial charge in [0.15, 0.2) is 6.17 Å². The molecular formula is C27H32N6O. The van der Waals surface area contributed by atoms with Gasteiger partial charge in [0, 0.05) is 18.5 Å². The topological polar surface area (TPSA) is 74.5 Å². The first-order valence-corrected chi connectivity index (χ1v) is 12.4. The lowest BCUT2D eigenvalue weighted by Crippen LogP contribution is -2.42. The molecule has 1 aliphatic carbocycles. The molecule has 1 spiro atoms. The van der Waals surface area contributed by atoms with Gasteiger partial charge in [-0.2, -0.15) is 0 Å². The zero-order chi connectivity index (χ0) is 23.5. The van der Waals surface area contributed by atoms with E-state index in [0.29, 0.717) is 6.54 Å². The molecule has 1 saturated carbocycles.